The van der Waals surface area contributed by atoms with E-state index in [-0.39, 0.29) is 11.8 Å². The Morgan fingerprint density at radius 2 is 1.89 bits per heavy atom. The Labute approximate surface area is 110 Å². The Bertz CT molecular complexity index is 568. The molecule has 7 heteroatoms. The zero-order valence-electron chi connectivity index (χ0n) is 10.9. The van der Waals surface area contributed by atoms with Gasteiger partial charge in [0.1, 0.15) is 5.82 Å². The number of anilines is 3. The minimum Gasteiger partial charge on any atom is -0.467 e. The van der Waals surface area contributed by atoms with Gasteiger partial charge in [0.15, 0.2) is 0 Å². The summed E-state index contributed by atoms with van der Waals surface area (Å²) in [7, 11) is 3.17. The van der Waals surface area contributed by atoms with Crippen LogP contribution in [-0.4, -0.2) is 29.1 Å². The number of ether oxygens (including phenoxy) is 1. The molecule has 2 aromatic rings. The predicted molar refractivity (Wildman–Crippen MR) is 70.3 cm³/mol. The first-order chi connectivity index (χ1) is 9.12. The van der Waals surface area contributed by atoms with Crippen LogP contribution in [0.15, 0.2) is 18.2 Å². The van der Waals surface area contributed by atoms with Crippen LogP contribution in [-0.2, 0) is 0 Å². The van der Waals surface area contributed by atoms with Gasteiger partial charge < -0.3 is 15.4 Å². The summed E-state index contributed by atoms with van der Waals surface area (Å²) in [6, 6.07) is 4.86. The van der Waals surface area contributed by atoms with E-state index in [0.29, 0.717) is 23.1 Å². The molecule has 6 nitrogen and oxygen atoms in total. The highest BCUT2D eigenvalue weighted by molar-refractivity contribution is 5.55. The lowest BCUT2D eigenvalue weighted by molar-refractivity contribution is 0.379. The van der Waals surface area contributed by atoms with E-state index < -0.39 is 0 Å². The zero-order chi connectivity index (χ0) is 13.8. The monoisotopic (exact) mass is 263 g/mol. The molecular formula is C12H14FN5O. The number of hydrogen-bond donors (Lipinski definition) is 2. The van der Waals surface area contributed by atoms with Crippen molar-refractivity contribution in [1.29, 1.82) is 0 Å². The van der Waals surface area contributed by atoms with Gasteiger partial charge in [0.2, 0.25) is 11.9 Å². The third-order valence-corrected chi connectivity index (χ3v) is 2.44. The predicted octanol–water partition coefficient (Wildman–Crippen LogP) is 2.11. The maximum Gasteiger partial charge on any atom is 0.322 e. The Morgan fingerprint density at radius 1 is 1.16 bits per heavy atom. The van der Waals surface area contributed by atoms with Gasteiger partial charge in [-0.3, -0.25) is 0 Å². The standard InChI is InChI=1S/C12H14FN5O/c1-7-6-8(4-5-9(7)13)15-11-16-10(14-2)17-12(18-11)19-3/h4-6H,1-3H3,(H2,14,15,16,17,18). The maximum atomic E-state index is 13.2. The van der Waals surface area contributed by atoms with Crippen molar-refractivity contribution in [3.63, 3.8) is 0 Å². The van der Waals surface area contributed by atoms with Crippen molar-refractivity contribution >= 4 is 17.6 Å². The maximum absolute atomic E-state index is 13.2. The van der Waals surface area contributed by atoms with Crippen LogP contribution in [0.2, 0.25) is 0 Å². The summed E-state index contributed by atoms with van der Waals surface area (Å²) in [5.74, 6) is 0.449. The molecule has 1 heterocycles. The third kappa shape index (κ3) is 3.06. The van der Waals surface area contributed by atoms with Crippen molar-refractivity contribution in [3.05, 3.63) is 29.6 Å². The first kappa shape index (κ1) is 13.0. The smallest absolute Gasteiger partial charge is 0.322 e. The van der Waals surface area contributed by atoms with E-state index in [1.165, 1.54) is 13.2 Å². The molecule has 0 atom stereocenters. The molecule has 0 saturated heterocycles. The number of methoxy groups -OCH3 is 1. The van der Waals surface area contributed by atoms with Crippen LogP contribution in [0.5, 0.6) is 6.01 Å². The topological polar surface area (TPSA) is 72.0 Å². The minimum absolute atomic E-state index is 0.195. The fraction of sp³-hybridized carbons (Fsp3) is 0.250. The fourth-order valence-corrected chi connectivity index (χ4v) is 1.47. The summed E-state index contributed by atoms with van der Waals surface area (Å²) < 4.78 is 18.2. The van der Waals surface area contributed by atoms with E-state index in [9.17, 15) is 4.39 Å². The SMILES string of the molecule is CNc1nc(Nc2ccc(F)c(C)c2)nc(OC)n1. The summed E-state index contributed by atoms with van der Waals surface area (Å²) in [6.45, 7) is 1.69. The van der Waals surface area contributed by atoms with Gasteiger partial charge >= 0.3 is 6.01 Å². The number of rotatable bonds is 4. The van der Waals surface area contributed by atoms with Crippen LogP contribution in [0, 0.1) is 12.7 Å². The highest BCUT2D eigenvalue weighted by Crippen LogP contribution is 2.18. The first-order valence-corrected chi connectivity index (χ1v) is 5.63. The molecule has 1 aromatic carbocycles. The fourth-order valence-electron chi connectivity index (χ4n) is 1.47. The highest BCUT2D eigenvalue weighted by Gasteiger charge is 2.06. The van der Waals surface area contributed by atoms with Crippen molar-refractivity contribution in [2.75, 3.05) is 24.8 Å². The van der Waals surface area contributed by atoms with Crippen molar-refractivity contribution in [2.24, 2.45) is 0 Å². The lowest BCUT2D eigenvalue weighted by Gasteiger charge is -2.08. The summed E-state index contributed by atoms with van der Waals surface area (Å²) >= 11 is 0. The number of aromatic nitrogens is 3. The van der Waals surface area contributed by atoms with Gasteiger partial charge in [-0.2, -0.15) is 15.0 Å². The van der Waals surface area contributed by atoms with Crippen molar-refractivity contribution in [2.45, 2.75) is 6.92 Å². The van der Waals surface area contributed by atoms with Crippen LogP contribution >= 0.6 is 0 Å². The number of nitrogens with zero attached hydrogens (tertiary/aromatic N) is 3. The second-order valence-corrected chi connectivity index (χ2v) is 3.81. The van der Waals surface area contributed by atoms with Crippen LogP contribution in [0.25, 0.3) is 0 Å². The van der Waals surface area contributed by atoms with E-state index in [0.717, 1.165) is 0 Å². The van der Waals surface area contributed by atoms with Gasteiger partial charge in [-0.25, -0.2) is 4.39 Å². The van der Waals surface area contributed by atoms with Gasteiger partial charge in [0.25, 0.3) is 0 Å². The van der Waals surface area contributed by atoms with Crippen LogP contribution in [0.4, 0.5) is 22.0 Å². The summed E-state index contributed by atoms with van der Waals surface area (Å²) in [4.78, 5) is 12.2. The average Bonchev–Trinajstić information content (AvgIpc) is 2.42. The van der Waals surface area contributed by atoms with Crippen LogP contribution < -0.4 is 15.4 Å². The number of benzene rings is 1. The zero-order valence-corrected chi connectivity index (χ0v) is 10.9. The van der Waals surface area contributed by atoms with E-state index in [2.05, 4.69) is 25.6 Å². The molecule has 19 heavy (non-hydrogen) atoms. The molecule has 2 N–H and O–H groups in total. The van der Waals surface area contributed by atoms with E-state index in [1.807, 2.05) is 0 Å². The number of hydrogen-bond acceptors (Lipinski definition) is 6. The third-order valence-electron chi connectivity index (χ3n) is 2.44. The Hall–Kier alpha value is -2.44. The van der Waals surface area contributed by atoms with Crippen molar-refractivity contribution < 1.29 is 9.13 Å². The molecule has 0 aliphatic carbocycles. The lowest BCUT2D eigenvalue weighted by atomic mass is 10.2. The van der Waals surface area contributed by atoms with E-state index >= 15 is 0 Å². The summed E-state index contributed by atoms with van der Waals surface area (Å²) in [6.07, 6.45) is 0. The number of nitrogens with one attached hydrogen (secondary N) is 2. The molecule has 0 fully saturated rings. The second kappa shape index (κ2) is 5.47. The number of halogens is 1. The lowest BCUT2D eigenvalue weighted by Crippen LogP contribution is -2.05. The molecular weight excluding hydrogens is 249 g/mol. The Kier molecular flexibility index (Phi) is 3.74. The molecule has 0 aliphatic heterocycles. The number of aryl methyl sites for hydroxylation is 1. The molecule has 0 aliphatic rings. The van der Waals surface area contributed by atoms with Crippen molar-refractivity contribution in [3.8, 4) is 6.01 Å². The molecule has 0 amide bonds. The quantitative estimate of drug-likeness (QED) is 0.880. The van der Waals surface area contributed by atoms with E-state index in [1.54, 1.807) is 26.1 Å². The first-order valence-electron chi connectivity index (χ1n) is 5.63. The molecule has 0 bridgehead atoms. The Morgan fingerprint density at radius 3 is 2.53 bits per heavy atom. The summed E-state index contributed by atoms with van der Waals surface area (Å²) in [5.41, 5.74) is 1.23. The summed E-state index contributed by atoms with van der Waals surface area (Å²) in [5, 5.41) is 5.78. The van der Waals surface area contributed by atoms with Crippen molar-refractivity contribution in [1.82, 2.24) is 15.0 Å². The average molecular weight is 263 g/mol. The molecule has 1 aromatic heterocycles. The molecule has 0 unspecified atom stereocenters. The molecule has 0 spiro atoms. The van der Waals surface area contributed by atoms with Gasteiger partial charge in [0.05, 0.1) is 7.11 Å². The highest BCUT2D eigenvalue weighted by atomic mass is 19.1. The van der Waals surface area contributed by atoms with Crippen LogP contribution in [0.1, 0.15) is 5.56 Å². The van der Waals surface area contributed by atoms with Gasteiger partial charge in [0, 0.05) is 12.7 Å². The normalized spacial score (nSPS) is 10.1. The van der Waals surface area contributed by atoms with Gasteiger partial charge in [-0.15, -0.1) is 0 Å². The minimum atomic E-state index is -0.255. The molecule has 2 rings (SSSR count). The van der Waals surface area contributed by atoms with Gasteiger partial charge in [-0.05, 0) is 30.7 Å². The molecule has 100 valence electrons. The van der Waals surface area contributed by atoms with E-state index in [4.69, 9.17) is 4.74 Å². The molecule has 0 radical (unpaired) electrons. The second-order valence-electron chi connectivity index (χ2n) is 3.81. The Balaban J connectivity index is 2.29. The van der Waals surface area contributed by atoms with Crippen LogP contribution in [0.3, 0.4) is 0 Å². The molecule has 0 saturated carbocycles. The largest absolute Gasteiger partial charge is 0.467 e. The van der Waals surface area contributed by atoms with Gasteiger partial charge in [-0.1, -0.05) is 0 Å².